The number of hydrazine groups is 1. The van der Waals surface area contributed by atoms with Crippen molar-refractivity contribution in [3.05, 3.63) is 0 Å². The third-order valence-corrected chi connectivity index (χ3v) is 2.02. The van der Waals surface area contributed by atoms with Gasteiger partial charge in [-0.05, 0) is 6.42 Å². The van der Waals surface area contributed by atoms with Gasteiger partial charge in [0.2, 0.25) is 5.96 Å². The molecule has 0 spiro atoms. The molecule has 0 atom stereocenters. The highest BCUT2D eigenvalue weighted by Crippen LogP contribution is 1.98. The molecule has 15 heavy (non-hydrogen) atoms. The van der Waals surface area contributed by atoms with E-state index in [1.165, 1.54) is 19.3 Å². The van der Waals surface area contributed by atoms with Crippen molar-refractivity contribution in [1.29, 1.82) is 0 Å². The van der Waals surface area contributed by atoms with Crippen LogP contribution in [0.25, 0.3) is 0 Å². The van der Waals surface area contributed by atoms with Crippen molar-refractivity contribution in [2.75, 3.05) is 26.8 Å². The maximum absolute atomic E-state index is 5.31. The van der Waals surface area contributed by atoms with Crippen LogP contribution in [-0.2, 0) is 4.74 Å². The lowest BCUT2D eigenvalue weighted by atomic mass is 10.2. The Morgan fingerprint density at radius 3 is 2.73 bits per heavy atom. The SMILES string of the molecule is CCCCCCN=C(NN)NCCOC. The van der Waals surface area contributed by atoms with Gasteiger partial charge in [-0.2, -0.15) is 0 Å². The van der Waals surface area contributed by atoms with Gasteiger partial charge in [0, 0.05) is 20.2 Å². The predicted octanol–water partition coefficient (Wildman–Crippen LogP) is 0.622. The molecular formula is C10H24N4O. The second-order valence-corrected chi connectivity index (χ2v) is 3.35. The number of hydrogen-bond acceptors (Lipinski definition) is 3. The van der Waals surface area contributed by atoms with Crippen LogP contribution < -0.4 is 16.6 Å². The average Bonchev–Trinajstić information content (AvgIpc) is 2.26. The van der Waals surface area contributed by atoms with E-state index in [9.17, 15) is 0 Å². The molecule has 5 nitrogen and oxygen atoms in total. The molecule has 0 saturated heterocycles. The summed E-state index contributed by atoms with van der Waals surface area (Å²) in [6.07, 6.45) is 4.87. The standard InChI is InChI=1S/C10H24N4O/c1-3-4-5-6-7-12-10(14-11)13-8-9-15-2/h3-9,11H2,1-2H3,(H2,12,13,14). The monoisotopic (exact) mass is 216 g/mol. The lowest BCUT2D eigenvalue weighted by Gasteiger charge is -2.08. The number of nitrogens with two attached hydrogens (primary N) is 1. The molecule has 0 unspecified atom stereocenters. The van der Waals surface area contributed by atoms with E-state index in [1.807, 2.05) is 0 Å². The summed E-state index contributed by atoms with van der Waals surface area (Å²) in [5.41, 5.74) is 2.54. The highest BCUT2D eigenvalue weighted by Gasteiger charge is 1.93. The van der Waals surface area contributed by atoms with Crippen LogP contribution in [0.5, 0.6) is 0 Å². The molecule has 0 radical (unpaired) electrons. The topological polar surface area (TPSA) is 71.7 Å². The second-order valence-electron chi connectivity index (χ2n) is 3.35. The summed E-state index contributed by atoms with van der Waals surface area (Å²) in [7, 11) is 1.67. The molecule has 90 valence electrons. The van der Waals surface area contributed by atoms with Crippen LogP contribution in [0.15, 0.2) is 4.99 Å². The maximum Gasteiger partial charge on any atom is 0.205 e. The van der Waals surface area contributed by atoms with Crippen molar-refractivity contribution < 1.29 is 4.74 Å². The third kappa shape index (κ3) is 9.49. The molecule has 0 aromatic carbocycles. The molecule has 0 fully saturated rings. The molecule has 0 bridgehead atoms. The van der Waals surface area contributed by atoms with Crippen LogP contribution in [0.3, 0.4) is 0 Å². The minimum absolute atomic E-state index is 0.642. The molecule has 0 rings (SSSR count). The van der Waals surface area contributed by atoms with Gasteiger partial charge in [0.1, 0.15) is 0 Å². The Morgan fingerprint density at radius 2 is 2.13 bits per heavy atom. The summed E-state index contributed by atoms with van der Waals surface area (Å²) in [6, 6.07) is 0. The van der Waals surface area contributed by atoms with E-state index in [2.05, 4.69) is 22.7 Å². The van der Waals surface area contributed by atoms with E-state index in [4.69, 9.17) is 10.6 Å². The maximum atomic E-state index is 5.31. The summed E-state index contributed by atoms with van der Waals surface area (Å²) >= 11 is 0. The van der Waals surface area contributed by atoms with Gasteiger partial charge in [0.05, 0.1) is 6.61 Å². The lowest BCUT2D eigenvalue weighted by molar-refractivity contribution is 0.203. The van der Waals surface area contributed by atoms with Gasteiger partial charge in [0.25, 0.3) is 0 Å². The molecular weight excluding hydrogens is 192 g/mol. The number of ether oxygens (including phenoxy) is 1. The number of hydrogen-bond donors (Lipinski definition) is 3. The molecule has 0 saturated carbocycles. The smallest absolute Gasteiger partial charge is 0.205 e. The van der Waals surface area contributed by atoms with Crippen LogP contribution >= 0.6 is 0 Å². The molecule has 4 N–H and O–H groups in total. The zero-order valence-corrected chi connectivity index (χ0v) is 9.88. The lowest BCUT2D eigenvalue weighted by Crippen LogP contribution is -2.42. The minimum atomic E-state index is 0.642. The first-order chi connectivity index (χ1) is 7.35. The number of nitrogens with zero attached hydrogens (tertiary/aromatic N) is 1. The number of unbranched alkanes of at least 4 members (excludes halogenated alkanes) is 3. The molecule has 0 amide bonds. The zero-order chi connectivity index (χ0) is 11.4. The Labute approximate surface area is 92.4 Å². The molecule has 0 heterocycles. The van der Waals surface area contributed by atoms with Crippen molar-refractivity contribution in [2.45, 2.75) is 32.6 Å². The second kappa shape index (κ2) is 11.3. The first kappa shape index (κ1) is 14.2. The Kier molecular flexibility index (Phi) is 10.7. The minimum Gasteiger partial charge on any atom is -0.383 e. The Bertz CT molecular complexity index is 162. The molecule has 0 aromatic rings. The summed E-state index contributed by atoms with van der Waals surface area (Å²) in [5, 5.41) is 3.05. The number of aliphatic imine (C=N–C) groups is 1. The van der Waals surface area contributed by atoms with Crippen LogP contribution in [0.1, 0.15) is 32.6 Å². The van der Waals surface area contributed by atoms with Crippen molar-refractivity contribution in [2.24, 2.45) is 10.8 Å². The highest BCUT2D eigenvalue weighted by atomic mass is 16.5. The molecule has 0 aliphatic heterocycles. The van der Waals surface area contributed by atoms with E-state index in [-0.39, 0.29) is 0 Å². The summed E-state index contributed by atoms with van der Waals surface area (Å²) in [4.78, 5) is 4.30. The Morgan fingerprint density at radius 1 is 1.33 bits per heavy atom. The fourth-order valence-electron chi connectivity index (χ4n) is 1.15. The molecule has 0 aromatic heterocycles. The van der Waals surface area contributed by atoms with E-state index in [0.29, 0.717) is 19.1 Å². The number of methoxy groups -OCH3 is 1. The summed E-state index contributed by atoms with van der Waals surface area (Å²) < 4.78 is 4.91. The van der Waals surface area contributed by atoms with Gasteiger partial charge in [-0.3, -0.25) is 10.4 Å². The van der Waals surface area contributed by atoms with Gasteiger partial charge < -0.3 is 10.1 Å². The van der Waals surface area contributed by atoms with Crippen molar-refractivity contribution in [3.63, 3.8) is 0 Å². The van der Waals surface area contributed by atoms with Crippen molar-refractivity contribution in [1.82, 2.24) is 10.7 Å². The fourth-order valence-corrected chi connectivity index (χ4v) is 1.15. The van der Waals surface area contributed by atoms with Gasteiger partial charge in [-0.1, -0.05) is 26.2 Å². The molecule has 5 heteroatoms. The van der Waals surface area contributed by atoms with Crippen LogP contribution in [-0.4, -0.2) is 32.8 Å². The van der Waals surface area contributed by atoms with Gasteiger partial charge in [-0.25, -0.2) is 5.84 Å². The van der Waals surface area contributed by atoms with E-state index >= 15 is 0 Å². The zero-order valence-electron chi connectivity index (χ0n) is 9.88. The number of nitrogens with one attached hydrogen (secondary N) is 2. The van der Waals surface area contributed by atoms with Crippen molar-refractivity contribution in [3.8, 4) is 0 Å². The normalized spacial score (nSPS) is 11.5. The van der Waals surface area contributed by atoms with Crippen LogP contribution in [0.2, 0.25) is 0 Å². The van der Waals surface area contributed by atoms with Gasteiger partial charge in [0.15, 0.2) is 0 Å². The van der Waals surface area contributed by atoms with Gasteiger partial charge in [-0.15, -0.1) is 0 Å². The van der Waals surface area contributed by atoms with Crippen LogP contribution in [0, 0.1) is 0 Å². The van der Waals surface area contributed by atoms with Crippen LogP contribution in [0.4, 0.5) is 0 Å². The first-order valence-corrected chi connectivity index (χ1v) is 5.59. The van der Waals surface area contributed by atoms with Crippen molar-refractivity contribution >= 4 is 5.96 Å². The first-order valence-electron chi connectivity index (χ1n) is 5.59. The average molecular weight is 216 g/mol. The fraction of sp³-hybridized carbons (Fsp3) is 0.900. The molecule has 0 aliphatic rings. The molecule has 0 aliphatic carbocycles. The Balaban J connectivity index is 3.50. The van der Waals surface area contributed by atoms with Gasteiger partial charge >= 0.3 is 0 Å². The van der Waals surface area contributed by atoms with E-state index in [1.54, 1.807) is 7.11 Å². The Hall–Kier alpha value is -0.810. The summed E-state index contributed by atoms with van der Waals surface area (Å²) in [6.45, 7) is 4.38. The number of rotatable bonds is 8. The third-order valence-electron chi connectivity index (χ3n) is 2.02. The van der Waals surface area contributed by atoms with E-state index in [0.717, 1.165) is 13.0 Å². The van der Waals surface area contributed by atoms with E-state index < -0.39 is 0 Å². The summed E-state index contributed by atoms with van der Waals surface area (Å²) in [5.74, 6) is 5.95. The highest BCUT2D eigenvalue weighted by molar-refractivity contribution is 5.79. The largest absolute Gasteiger partial charge is 0.383 e. The number of guanidine groups is 1. The predicted molar refractivity (Wildman–Crippen MR) is 63.6 cm³/mol. The quantitative estimate of drug-likeness (QED) is 0.183.